The molecular formula is C15H21N3S3. The fraction of sp³-hybridized carbons (Fsp3) is 0.600. The van der Waals surface area contributed by atoms with E-state index in [1.54, 1.807) is 0 Å². The van der Waals surface area contributed by atoms with Crippen molar-refractivity contribution in [3.8, 4) is 0 Å². The first-order valence-electron chi connectivity index (χ1n) is 7.55. The van der Waals surface area contributed by atoms with Crippen LogP contribution in [-0.4, -0.2) is 33.8 Å². The Morgan fingerprint density at radius 2 is 2.19 bits per heavy atom. The van der Waals surface area contributed by atoms with E-state index in [2.05, 4.69) is 25.2 Å². The summed E-state index contributed by atoms with van der Waals surface area (Å²) in [4.78, 5) is 12.3. The Morgan fingerprint density at radius 3 is 2.90 bits per heavy atom. The molecule has 0 aromatic carbocycles. The lowest BCUT2D eigenvalue weighted by Crippen LogP contribution is -2.12. The van der Waals surface area contributed by atoms with Gasteiger partial charge in [-0.05, 0) is 18.9 Å². The van der Waals surface area contributed by atoms with Crippen LogP contribution in [0.1, 0.15) is 36.2 Å². The number of rotatable bonds is 5. The molecule has 1 atom stereocenters. The minimum atomic E-state index is 0.447. The van der Waals surface area contributed by atoms with E-state index in [1.807, 2.05) is 34.9 Å². The molecule has 3 rings (SSSR count). The Morgan fingerprint density at radius 1 is 1.29 bits per heavy atom. The van der Waals surface area contributed by atoms with E-state index < -0.39 is 0 Å². The van der Waals surface area contributed by atoms with Crippen LogP contribution in [0.5, 0.6) is 0 Å². The van der Waals surface area contributed by atoms with Crippen molar-refractivity contribution in [1.29, 1.82) is 0 Å². The van der Waals surface area contributed by atoms with Crippen LogP contribution >= 0.6 is 34.9 Å². The first-order chi connectivity index (χ1) is 10.3. The van der Waals surface area contributed by atoms with E-state index in [1.165, 1.54) is 21.8 Å². The fourth-order valence-electron chi connectivity index (χ4n) is 2.32. The molecule has 21 heavy (non-hydrogen) atoms. The number of aromatic nitrogens is 2. The van der Waals surface area contributed by atoms with Gasteiger partial charge in [-0.2, -0.15) is 11.8 Å². The molecule has 6 heteroatoms. The monoisotopic (exact) mass is 339 g/mol. The van der Waals surface area contributed by atoms with Gasteiger partial charge in [-0.15, -0.1) is 23.1 Å². The Kier molecular flexibility index (Phi) is 5.29. The summed E-state index contributed by atoms with van der Waals surface area (Å²) in [5.74, 6) is 5.64. The molecule has 1 saturated heterocycles. The summed E-state index contributed by atoms with van der Waals surface area (Å²) in [6.45, 7) is 5.35. The number of nitrogens with one attached hydrogen (secondary N) is 1. The highest BCUT2D eigenvalue weighted by molar-refractivity contribution is 8.06. The molecule has 1 N–H and O–H groups in total. The Hall–Kier alpha value is -0.460. The van der Waals surface area contributed by atoms with Gasteiger partial charge in [-0.25, -0.2) is 9.97 Å². The zero-order valence-electron chi connectivity index (χ0n) is 12.5. The van der Waals surface area contributed by atoms with Crippen LogP contribution in [0.4, 0.5) is 5.82 Å². The normalized spacial score (nSPS) is 19.0. The van der Waals surface area contributed by atoms with Crippen molar-refractivity contribution in [3.63, 3.8) is 0 Å². The summed E-state index contributed by atoms with van der Waals surface area (Å²) in [5.41, 5.74) is 0. The van der Waals surface area contributed by atoms with Crippen molar-refractivity contribution in [2.75, 3.05) is 29.1 Å². The molecule has 0 amide bonds. The van der Waals surface area contributed by atoms with Gasteiger partial charge in [0.05, 0.1) is 10.6 Å². The maximum Gasteiger partial charge on any atom is 0.146 e. The topological polar surface area (TPSA) is 37.8 Å². The highest BCUT2D eigenvalue weighted by Gasteiger charge is 2.21. The second-order valence-electron chi connectivity index (χ2n) is 5.08. The van der Waals surface area contributed by atoms with Gasteiger partial charge in [0.2, 0.25) is 0 Å². The summed E-state index contributed by atoms with van der Waals surface area (Å²) < 4.78 is 0. The Bertz CT molecular complexity index is 605. The highest BCUT2D eigenvalue weighted by atomic mass is 32.2. The largest absolute Gasteiger partial charge is 0.369 e. The van der Waals surface area contributed by atoms with Crippen LogP contribution in [0.3, 0.4) is 0 Å². The molecule has 0 bridgehead atoms. The third-order valence-electron chi connectivity index (χ3n) is 3.46. The molecule has 0 aliphatic carbocycles. The molecule has 2 aromatic rings. The average Bonchev–Trinajstić information content (AvgIpc) is 2.96. The molecule has 1 fully saturated rings. The number of hydrogen-bond acceptors (Lipinski definition) is 6. The Balaban J connectivity index is 2.00. The SMILES string of the molecule is CCCNc1nc(C2CSCCS2)nc2sc(CC)cc12. The standard InChI is InChI=1S/C15H21N3S3/c1-3-5-16-13-11-8-10(4-2)21-15(11)18-14(17-13)12-9-19-6-7-20-12/h8,12H,3-7,9H2,1-2H3,(H,16,17,18). The van der Waals surface area contributed by atoms with Crippen LogP contribution in [0.25, 0.3) is 10.2 Å². The summed E-state index contributed by atoms with van der Waals surface area (Å²) in [7, 11) is 0. The van der Waals surface area contributed by atoms with Crippen molar-refractivity contribution >= 4 is 50.9 Å². The molecule has 1 unspecified atom stereocenters. The van der Waals surface area contributed by atoms with Gasteiger partial charge in [-0.3, -0.25) is 0 Å². The van der Waals surface area contributed by atoms with Crippen LogP contribution < -0.4 is 5.32 Å². The maximum atomic E-state index is 4.87. The summed E-state index contributed by atoms with van der Waals surface area (Å²) in [6.07, 6.45) is 2.18. The number of anilines is 1. The lowest BCUT2D eigenvalue weighted by atomic mass is 10.3. The maximum absolute atomic E-state index is 4.87. The number of thioether (sulfide) groups is 2. The van der Waals surface area contributed by atoms with Gasteiger partial charge in [0.15, 0.2) is 0 Å². The van der Waals surface area contributed by atoms with Crippen LogP contribution in [0, 0.1) is 0 Å². The first-order valence-corrected chi connectivity index (χ1v) is 10.6. The van der Waals surface area contributed by atoms with E-state index in [-0.39, 0.29) is 0 Å². The molecule has 2 aromatic heterocycles. The number of nitrogens with zero attached hydrogens (tertiary/aromatic N) is 2. The van der Waals surface area contributed by atoms with Crippen molar-refractivity contribution in [1.82, 2.24) is 9.97 Å². The molecule has 1 aliphatic rings. The summed E-state index contributed by atoms with van der Waals surface area (Å²) in [5, 5.41) is 5.14. The van der Waals surface area contributed by atoms with Gasteiger partial charge in [-0.1, -0.05) is 13.8 Å². The minimum Gasteiger partial charge on any atom is -0.369 e. The van der Waals surface area contributed by atoms with Gasteiger partial charge >= 0.3 is 0 Å². The van der Waals surface area contributed by atoms with E-state index in [0.29, 0.717) is 5.25 Å². The second kappa shape index (κ2) is 7.20. The molecule has 3 heterocycles. The second-order valence-corrected chi connectivity index (χ2v) is 8.65. The predicted octanol–water partition coefficient (Wildman–Crippen LogP) is 4.60. The molecular weight excluding hydrogens is 318 g/mol. The Labute approximate surface area is 138 Å². The van der Waals surface area contributed by atoms with Crippen LogP contribution in [0.2, 0.25) is 0 Å². The van der Waals surface area contributed by atoms with Crippen molar-refractivity contribution in [3.05, 3.63) is 16.8 Å². The van der Waals surface area contributed by atoms with Gasteiger partial charge in [0, 0.05) is 28.7 Å². The molecule has 0 spiro atoms. The summed E-state index contributed by atoms with van der Waals surface area (Å²) in [6, 6.07) is 2.25. The zero-order valence-corrected chi connectivity index (χ0v) is 15.0. The van der Waals surface area contributed by atoms with E-state index in [4.69, 9.17) is 9.97 Å². The van der Waals surface area contributed by atoms with E-state index in [0.717, 1.165) is 41.6 Å². The highest BCUT2D eigenvalue weighted by Crippen LogP contribution is 2.38. The van der Waals surface area contributed by atoms with Crippen molar-refractivity contribution in [2.45, 2.75) is 31.9 Å². The molecule has 3 nitrogen and oxygen atoms in total. The number of aryl methyl sites for hydroxylation is 1. The lowest BCUT2D eigenvalue weighted by Gasteiger charge is -2.20. The van der Waals surface area contributed by atoms with E-state index >= 15 is 0 Å². The molecule has 114 valence electrons. The smallest absolute Gasteiger partial charge is 0.146 e. The van der Waals surface area contributed by atoms with Gasteiger partial charge in [0.25, 0.3) is 0 Å². The zero-order chi connectivity index (χ0) is 14.7. The van der Waals surface area contributed by atoms with Gasteiger partial charge < -0.3 is 5.32 Å². The first kappa shape index (κ1) is 15.4. The van der Waals surface area contributed by atoms with Crippen LogP contribution in [-0.2, 0) is 6.42 Å². The third kappa shape index (κ3) is 3.48. The summed E-state index contributed by atoms with van der Waals surface area (Å²) >= 11 is 5.84. The van der Waals surface area contributed by atoms with Crippen molar-refractivity contribution < 1.29 is 0 Å². The predicted molar refractivity (Wildman–Crippen MR) is 98.1 cm³/mol. The van der Waals surface area contributed by atoms with Crippen LogP contribution in [0.15, 0.2) is 6.07 Å². The fourth-order valence-corrected chi connectivity index (χ4v) is 5.89. The molecule has 0 radical (unpaired) electrons. The van der Waals surface area contributed by atoms with Gasteiger partial charge in [0.1, 0.15) is 16.5 Å². The quantitative estimate of drug-likeness (QED) is 0.862. The number of hydrogen-bond donors (Lipinski definition) is 1. The van der Waals surface area contributed by atoms with Crippen molar-refractivity contribution in [2.24, 2.45) is 0 Å². The average molecular weight is 340 g/mol. The molecule has 0 saturated carbocycles. The minimum absolute atomic E-state index is 0.447. The third-order valence-corrected chi connectivity index (χ3v) is 7.38. The molecule has 1 aliphatic heterocycles. The number of fused-ring (bicyclic) bond motifs is 1. The van der Waals surface area contributed by atoms with E-state index in [9.17, 15) is 0 Å². The number of thiophene rings is 1. The lowest BCUT2D eigenvalue weighted by molar-refractivity contribution is 0.925.